The molecule has 1 unspecified atom stereocenters. The highest BCUT2D eigenvalue weighted by atomic mass is 16.6. The summed E-state index contributed by atoms with van der Waals surface area (Å²) in [6, 6.07) is 0. The van der Waals surface area contributed by atoms with Gasteiger partial charge in [0.2, 0.25) is 6.10 Å². The molecule has 0 aliphatic rings. The fraction of sp³-hybridized carbons (Fsp3) is 0.750. The van der Waals surface area contributed by atoms with Crippen LogP contribution in [0.5, 0.6) is 0 Å². The molecule has 0 aliphatic heterocycles. The molecule has 1 atom stereocenters. The molecule has 0 N–H and O–H groups in total. The van der Waals surface area contributed by atoms with Crippen LogP contribution < -0.4 is 0 Å². The van der Waals surface area contributed by atoms with Gasteiger partial charge in [-0.3, -0.25) is 4.79 Å². The molecule has 0 bridgehead atoms. The molecule has 0 heterocycles. The Morgan fingerprint density at radius 2 is 2.00 bits per heavy atom. The SMILES string of the molecule is COCCOC(=O)C(COC)OC=O. The number of methoxy groups -OCH3 is 2. The zero-order chi connectivity index (χ0) is 10.8. The van der Waals surface area contributed by atoms with E-state index >= 15 is 0 Å². The Kier molecular flexibility index (Phi) is 7.77. The topological polar surface area (TPSA) is 71.1 Å². The monoisotopic (exact) mass is 206 g/mol. The number of esters is 1. The van der Waals surface area contributed by atoms with Crippen molar-refractivity contribution in [3.63, 3.8) is 0 Å². The molecule has 0 saturated heterocycles. The second kappa shape index (κ2) is 8.46. The average Bonchev–Trinajstić information content (AvgIpc) is 2.18. The Labute approximate surface area is 82.1 Å². The highest BCUT2D eigenvalue weighted by Crippen LogP contribution is 1.95. The number of carbonyl (C=O) groups is 2. The predicted molar refractivity (Wildman–Crippen MR) is 45.6 cm³/mol. The molecule has 0 aromatic rings. The minimum Gasteiger partial charge on any atom is -0.460 e. The zero-order valence-electron chi connectivity index (χ0n) is 8.23. The molecule has 6 heteroatoms. The molecule has 0 radical (unpaired) electrons. The number of hydrogen-bond acceptors (Lipinski definition) is 6. The Hall–Kier alpha value is -1.14. The fourth-order valence-electron chi connectivity index (χ4n) is 0.700. The molecule has 0 aromatic heterocycles. The standard InChI is InChI=1S/C8H14O6/c1-11-3-4-13-8(10)7(5-12-2)14-6-9/h6-7H,3-5H2,1-2H3. The van der Waals surface area contributed by atoms with Crippen molar-refractivity contribution < 1.29 is 28.5 Å². The summed E-state index contributed by atoms with van der Waals surface area (Å²) in [6.07, 6.45) is -1.01. The maximum atomic E-state index is 11.2. The molecule has 0 aliphatic carbocycles. The number of ether oxygens (including phenoxy) is 4. The fourth-order valence-corrected chi connectivity index (χ4v) is 0.700. The summed E-state index contributed by atoms with van der Waals surface area (Å²) in [6.45, 7) is 0.579. The highest BCUT2D eigenvalue weighted by molar-refractivity contribution is 5.76. The van der Waals surface area contributed by atoms with E-state index in [1.54, 1.807) is 0 Å². The molecule has 0 spiro atoms. The van der Waals surface area contributed by atoms with E-state index in [0.717, 1.165) is 0 Å². The Morgan fingerprint density at radius 3 is 2.50 bits per heavy atom. The van der Waals surface area contributed by atoms with Crippen LogP contribution in [0.25, 0.3) is 0 Å². The smallest absolute Gasteiger partial charge is 0.349 e. The zero-order valence-corrected chi connectivity index (χ0v) is 8.23. The van der Waals surface area contributed by atoms with Crippen LogP contribution >= 0.6 is 0 Å². The molecule has 82 valence electrons. The molecule has 0 amide bonds. The lowest BCUT2D eigenvalue weighted by Crippen LogP contribution is -2.31. The van der Waals surface area contributed by atoms with Gasteiger partial charge in [0.25, 0.3) is 6.47 Å². The van der Waals surface area contributed by atoms with Gasteiger partial charge in [-0.25, -0.2) is 4.79 Å². The first kappa shape index (κ1) is 12.9. The quantitative estimate of drug-likeness (QED) is 0.299. The number of rotatable bonds is 8. The van der Waals surface area contributed by atoms with E-state index < -0.39 is 12.1 Å². The summed E-state index contributed by atoms with van der Waals surface area (Å²) in [5.74, 6) is -0.643. The van der Waals surface area contributed by atoms with Crippen LogP contribution in [0.3, 0.4) is 0 Å². The van der Waals surface area contributed by atoms with Gasteiger partial charge in [-0.2, -0.15) is 0 Å². The second-order valence-electron chi connectivity index (χ2n) is 2.34. The normalized spacial score (nSPS) is 11.9. The van der Waals surface area contributed by atoms with Gasteiger partial charge in [-0.15, -0.1) is 0 Å². The Balaban J connectivity index is 3.81. The largest absolute Gasteiger partial charge is 0.460 e. The van der Waals surface area contributed by atoms with E-state index in [9.17, 15) is 9.59 Å². The molecule has 6 nitrogen and oxygen atoms in total. The summed E-state index contributed by atoms with van der Waals surface area (Å²) >= 11 is 0. The van der Waals surface area contributed by atoms with E-state index in [-0.39, 0.29) is 19.7 Å². The van der Waals surface area contributed by atoms with Crippen molar-refractivity contribution in [3.8, 4) is 0 Å². The van der Waals surface area contributed by atoms with Crippen molar-refractivity contribution in [1.29, 1.82) is 0 Å². The molecular weight excluding hydrogens is 192 g/mol. The van der Waals surface area contributed by atoms with E-state index in [0.29, 0.717) is 6.61 Å². The molecule has 14 heavy (non-hydrogen) atoms. The van der Waals surface area contributed by atoms with Gasteiger partial charge in [0, 0.05) is 14.2 Å². The minimum atomic E-state index is -1.01. The first-order chi connectivity index (χ1) is 6.76. The third-order valence-corrected chi connectivity index (χ3v) is 1.33. The van der Waals surface area contributed by atoms with Gasteiger partial charge in [0.05, 0.1) is 13.2 Å². The first-order valence-corrected chi connectivity index (χ1v) is 3.99. The van der Waals surface area contributed by atoms with Crippen molar-refractivity contribution in [3.05, 3.63) is 0 Å². The van der Waals surface area contributed by atoms with Crippen molar-refractivity contribution in [2.45, 2.75) is 6.10 Å². The third kappa shape index (κ3) is 5.50. The lowest BCUT2D eigenvalue weighted by atomic mass is 10.4. The molecular formula is C8H14O6. The van der Waals surface area contributed by atoms with Crippen molar-refractivity contribution in [1.82, 2.24) is 0 Å². The van der Waals surface area contributed by atoms with Crippen LogP contribution in [0, 0.1) is 0 Å². The molecule has 0 saturated carbocycles. The van der Waals surface area contributed by atoms with Crippen LogP contribution in [0.15, 0.2) is 0 Å². The van der Waals surface area contributed by atoms with Crippen molar-refractivity contribution >= 4 is 12.4 Å². The van der Waals surface area contributed by atoms with Crippen LogP contribution in [-0.4, -0.2) is 52.6 Å². The maximum absolute atomic E-state index is 11.2. The second-order valence-corrected chi connectivity index (χ2v) is 2.34. The minimum absolute atomic E-state index is 0.0233. The van der Waals surface area contributed by atoms with Gasteiger partial charge >= 0.3 is 5.97 Å². The van der Waals surface area contributed by atoms with Crippen LogP contribution in [0.4, 0.5) is 0 Å². The van der Waals surface area contributed by atoms with E-state index in [2.05, 4.69) is 14.2 Å². The van der Waals surface area contributed by atoms with Crippen LogP contribution in [-0.2, 0) is 28.5 Å². The number of hydrogen-bond donors (Lipinski definition) is 0. The third-order valence-electron chi connectivity index (χ3n) is 1.33. The number of carbonyl (C=O) groups excluding carboxylic acids is 2. The first-order valence-electron chi connectivity index (χ1n) is 3.99. The summed E-state index contributed by atoms with van der Waals surface area (Å²) < 4.78 is 18.5. The molecule has 0 aromatic carbocycles. The average molecular weight is 206 g/mol. The van der Waals surface area contributed by atoms with E-state index in [1.807, 2.05) is 0 Å². The highest BCUT2D eigenvalue weighted by Gasteiger charge is 2.20. The lowest BCUT2D eigenvalue weighted by Gasteiger charge is -2.12. The van der Waals surface area contributed by atoms with Gasteiger partial charge in [-0.05, 0) is 0 Å². The van der Waals surface area contributed by atoms with Gasteiger partial charge in [0.1, 0.15) is 6.61 Å². The molecule has 0 rings (SSSR count). The summed E-state index contributed by atoms with van der Waals surface area (Å²) in [5, 5.41) is 0. The predicted octanol–water partition coefficient (Wildman–Crippen LogP) is -0.636. The van der Waals surface area contributed by atoms with Gasteiger partial charge in [0.15, 0.2) is 0 Å². The lowest BCUT2D eigenvalue weighted by molar-refractivity contribution is -0.165. The van der Waals surface area contributed by atoms with Gasteiger partial charge < -0.3 is 18.9 Å². The summed E-state index contributed by atoms with van der Waals surface area (Å²) in [5.41, 5.74) is 0. The summed E-state index contributed by atoms with van der Waals surface area (Å²) in [7, 11) is 2.88. The molecule has 0 fully saturated rings. The van der Waals surface area contributed by atoms with Crippen molar-refractivity contribution in [2.75, 3.05) is 34.0 Å². The summed E-state index contributed by atoms with van der Waals surface area (Å²) in [4.78, 5) is 21.2. The van der Waals surface area contributed by atoms with Crippen LogP contribution in [0.2, 0.25) is 0 Å². The van der Waals surface area contributed by atoms with Crippen LogP contribution in [0.1, 0.15) is 0 Å². The Bertz CT molecular complexity index is 169. The van der Waals surface area contributed by atoms with E-state index in [1.165, 1.54) is 14.2 Å². The maximum Gasteiger partial charge on any atom is 0.349 e. The van der Waals surface area contributed by atoms with E-state index in [4.69, 9.17) is 4.74 Å². The van der Waals surface area contributed by atoms with Gasteiger partial charge in [-0.1, -0.05) is 0 Å². The van der Waals surface area contributed by atoms with Crippen molar-refractivity contribution in [2.24, 2.45) is 0 Å². The Morgan fingerprint density at radius 1 is 1.29 bits per heavy atom.